The minimum Gasteiger partial charge on any atom is -0.466 e. The van der Waals surface area contributed by atoms with Crippen LogP contribution in [0, 0.1) is 0 Å². The van der Waals surface area contributed by atoms with Crippen molar-refractivity contribution in [2.24, 2.45) is 0 Å². The maximum Gasteiger partial charge on any atom is 0.339 e. The molecule has 0 aromatic heterocycles. The Hall–Kier alpha value is -1.96. The van der Waals surface area contributed by atoms with Gasteiger partial charge in [-0.25, -0.2) is 4.79 Å². The summed E-state index contributed by atoms with van der Waals surface area (Å²) in [6.07, 6.45) is -1.13. The van der Waals surface area contributed by atoms with Gasteiger partial charge in [0.15, 0.2) is 5.60 Å². The number of hydrogen-bond acceptors (Lipinski definition) is 8. The Labute approximate surface area is 135 Å². The van der Waals surface area contributed by atoms with Crippen molar-refractivity contribution in [1.82, 2.24) is 0 Å². The van der Waals surface area contributed by atoms with Crippen molar-refractivity contribution in [3.63, 3.8) is 0 Å². The molecule has 0 amide bonds. The van der Waals surface area contributed by atoms with Crippen LogP contribution in [-0.4, -0.2) is 49.3 Å². The number of ether oxygens (including phenoxy) is 4. The van der Waals surface area contributed by atoms with E-state index in [9.17, 15) is 19.2 Å². The summed E-state index contributed by atoms with van der Waals surface area (Å²) < 4.78 is 19.6. The van der Waals surface area contributed by atoms with Crippen molar-refractivity contribution >= 4 is 23.9 Å². The van der Waals surface area contributed by atoms with Gasteiger partial charge in [0.2, 0.25) is 0 Å². The van der Waals surface area contributed by atoms with Crippen molar-refractivity contribution in [1.29, 1.82) is 0 Å². The Morgan fingerprint density at radius 3 is 1.78 bits per heavy atom. The second kappa shape index (κ2) is 10.7. The van der Waals surface area contributed by atoms with Crippen LogP contribution in [0.3, 0.4) is 0 Å². The molecule has 1 atom stereocenters. The van der Waals surface area contributed by atoms with Gasteiger partial charge >= 0.3 is 23.9 Å². The molecule has 0 saturated carbocycles. The Kier molecular flexibility index (Phi) is 9.80. The highest BCUT2D eigenvalue weighted by atomic mass is 16.6. The van der Waals surface area contributed by atoms with Crippen LogP contribution < -0.4 is 0 Å². The summed E-state index contributed by atoms with van der Waals surface area (Å²) in [4.78, 5) is 47.1. The summed E-state index contributed by atoms with van der Waals surface area (Å²) in [5.74, 6) is -3.30. The fraction of sp³-hybridized carbons (Fsp3) is 0.733. The average molecular weight is 332 g/mol. The zero-order chi connectivity index (χ0) is 17.9. The van der Waals surface area contributed by atoms with Crippen LogP contribution in [-0.2, 0) is 38.1 Å². The molecule has 0 radical (unpaired) electrons. The van der Waals surface area contributed by atoms with Crippen molar-refractivity contribution in [2.45, 2.75) is 52.6 Å². The quantitative estimate of drug-likeness (QED) is 0.333. The highest BCUT2D eigenvalue weighted by molar-refractivity contribution is 5.93. The summed E-state index contributed by atoms with van der Waals surface area (Å²) in [6, 6.07) is 0. The Morgan fingerprint density at radius 1 is 0.739 bits per heavy atom. The minimum absolute atomic E-state index is 0.00462. The first-order valence-electron chi connectivity index (χ1n) is 7.55. The third-order valence-electron chi connectivity index (χ3n) is 2.75. The molecule has 0 saturated heterocycles. The molecule has 0 aliphatic heterocycles. The molecule has 8 heteroatoms. The van der Waals surface area contributed by atoms with Crippen molar-refractivity contribution in [3.8, 4) is 0 Å². The van der Waals surface area contributed by atoms with Crippen molar-refractivity contribution in [2.75, 3.05) is 19.8 Å². The largest absolute Gasteiger partial charge is 0.466 e. The molecule has 0 aliphatic carbocycles. The van der Waals surface area contributed by atoms with Gasteiger partial charge in [-0.1, -0.05) is 6.92 Å². The van der Waals surface area contributed by atoms with E-state index in [0.29, 0.717) is 0 Å². The van der Waals surface area contributed by atoms with Gasteiger partial charge in [-0.2, -0.15) is 0 Å². The van der Waals surface area contributed by atoms with Crippen LogP contribution in [0.4, 0.5) is 0 Å². The predicted octanol–water partition coefficient (Wildman–Crippen LogP) is 1.15. The molecule has 0 rings (SSSR count). The first kappa shape index (κ1) is 21.0. The first-order chi connectivity index (χ1) is 10.8. The van der Waals surface area contributed by atoms with Crippen LogP contribution in [0.2, 0.25) is 0 Å². The van der Waals surface area contributed by atoms with Crippen molar-refractivity contribution < 1.29 is 38.1 Å². The van der Waals surface area contributed by atoms with E-state index in [1.807, 2.05) is 0 Å². The van der Waals surface area contributed by atoms with E-state index in [2.05, 4.69) is 4.74 Å². The lowest BCUT2D eigenvalue weighted by atomic mass is 9.95. The van der Waals surface area contributed by atoms with E-state index in [-0.39, 0.29) is 26.2 Å². The molecule has 8 nitrogen and oxygen atoms in total. The lowest BCUT2D eigenvalue weighted by molar-refractivity contribution is -0.185. The molecule has 0 bridgehead atoms. The van der Waals surface area contributed by atoms with E-state index >= 15 is 0 Å². The van der Waals surface area contributed by atoms with E-state index in [1.165, 1.54) is 6.92 Å². The number of rotatable bonds is 10. The zero-order valence-electron chi connectivity index (χ0n) is 14.0. The molecule has 0 aromatic carbocycles. The molecular weight excluding hydrogens is 308 g/mol. The van der Waals surface area contributed by atoms with Crippen LogP contribution in [0.1, 0.15) is 47.0 Å². The number of hydrogen-bond donors (Lipinski definition) is 0. The summed E-state index contributed by atoms with van der Waals surface area (Å²) in [5, 5.41) is 0. The van der Waals surface area contributed by atoms with Crippen LogP contribution in [0.25, 0.3) is 0 Å². The van der Waals surface area contributed by atoms with Gasteiger partial charge in [-0.3, -0.25) is 14.4 Å². The zero-order valence-corrected chi connectivity index (χ0v) is 14.0. The molecule has 0 spiro atoms. The molecule has 0 aromatic rings. The second-order valence-corrected chi connectivity index (χ2v) is 4.51. The minimum atomic E-state index is -1.87. The lowest BCUT2D eigenvalue weighted by Gasteiger charge is -2.29. The highest BCUT2D eigenvalue weighted by Crippen LogP contribution is 2.25. The summed E-state index contributed by atoms with van der Waals surface area (Å²) >= 11 is 0. The van der Waals surface area contributed by atoms with E-state index in [4.69, 9.17) is 14.2 Å². The topological polar surface area (TPSA) is 105 Å². The molecule has 0 N–H and O–H groups in total. The van der Waals surface area contributed by atoms with Gasteiger partial charge in [0.25, 0.3) is 0 Å². The van der Waals surface area contributed by atoms with Gasteiger partial charge in [0.05, 0.1) is 26.1 Å². The SMILES string of the molecule is CCOC(=O)CC(CC(=O)OC(=O)CC)(OCC)C(=O)OCC. The highest BCUT2D eigenvalue weighted by Gasteiger charge is 2.46. The van der Waals surface area contributed by atoms with Crippen LogP contribution in [0.15, 0.2) is 0 Å². The van der Waals surface area contributed by atoms with Gasteiger partial charge in [0.1, 0.15) is 0 Å². The van der Waals surface area contributed by atoms with Gasteiger partial charge in [0, 0.05) is 13.0 Å². The van der Waals surface area contributed by atoms with Gasteiger partial charge < -0.3 is 18.9 Å². The van der Waals surface area contributed by atoms with E-state index < -0.39 is 42.3 Å². The van der Waals surface area contributed by atoms with Crippen LogP contribution >= 0.6 is 0 Å². The van der Waals surface area contributed by atoms with E-state index in [1.54, 1.807) is 20.8 Å². The van der Waals surface area contributed by atoms with E-state index in [0.717, 1.165) is 0 Å². The molecule has 23 heavy (non-hydrogen) atoms. The molecule has 1 unspecified atom stereocenters. The molecular formula is C15H24O8. The maximum atomic E-state index is 12.2. The Morgan fingerprint density at radius 2 is 1.30 bits per heavy atom. The maximum absolute atomic E-state index is 12.2. The first-order valence-corrected chi connectivity index (χ1v) is 7.55. The normalized spacial score (nSPS) is 12.9. The van der Waals surface area contributed by atoms with Gasteiger partial charge in [-0.05, 0) is 20.8 Å². The third-order valence-corrected chi connectivity index (χ3v) is 2.75. The van der Waals surface area contributed by atoms with Crippen LogP contribution in [0.5, 0.6) is 0 Å². The Balaban J connectivity index is 5.35. The molecule has 0 fully saturated rings. The standard InChI is InChI=1S/C15H24O8/c1-5-11(16)23-13(18)10-15(22-8-4,14(19)21-7-3)9-12(17)20-6-2/h5-10H2,1-4H3. The summed E-state index contributed by atoms with van der Waals surface area (Å²) in [5.41, 5.74) is -1.87. The number of carbonyl (C=O) groups excluding carboxylic acids is 4. The monoisotopic (exact) mass is 332 g/mol. The van der Waals surface area contributed by atoms with Crippen molar-refractivity contribution in [3.05, 3.63) is 0 Å². The molecule has 132 valence electrons. The number of esters is 4. The average Bonchev–Trinajstić information content (AvgIpc) is 2.47. The fourth-order valence-corrected chi connectivity index (χ4v) is 1.82. The lowest BCUT2D eigenvalue weighted by Crippen LogP contribution is -2.47. The fourth-order valence-electron chi connectivity index (χ4n) is 1.82. The summed E-state index contributed by atoms with van der Waals surface area (Å²) in [7, 11) is 0. The predicted molar refractivity (Wildman–Crippen MR) is 78.2 cm³/mol. The smallest absolute Gasteiger partial charge is 0.339 e. The number of carbonyl (C=O) groups is 4. The molecule has 0 aliphatic rings. The molecule has 0 heterocycles. The third kappa shape index (κ3) is 7.23. The summed E-state index contributed by atoms with van der Waals surface area (Å²) in [6.45, 7) is 6.52. The Bertz CT molecular complexity index is 431. The second-order valence-electron chi connectivity index (χ2n) is 4.51. The van der Waals surface area contributed by atoms with Gasteiger partial charge in [-0.15, -0.1) is 0 Å².